The van der Waals surface area contributed by atoms with Gasteiger partial charge in [0.05, 0.1) is 10.6 Å². The lowest BCUT2D eigenvalue weighted by atomic mass is 10.2. The molecule has 0 unspecified atom stereocenters. The highest BCUT2D eigenvalue weighted by molar-refractivity contribution is 8.18. The normalized spacial score (nSPS) is 17.3. The van der Waals surface area contributed by atoms with Crippen LogP contribution < -0.4 is 9.64 Å². The summed E-state index contributed by atoms with van der Waals surface area (Å²) in [6.45, 7) is 0. The van der Waals surface area contributed by atoms with E-state index in [-0.39, 0.29) is 10.6 Å². The Labute approximate surface area is 128 Å². The molecule has 1 aromatic carbocycles. The molecule has 1 aromatic rings. The Hall–Kier alpha value is -2.16. The summed E-state index contributed by atoms with van der Waals surface area (Å²) in [4.78, 5) is 26.8. The Morgan fingerprint density at radius 2 is 1.77 bits per heavy atom. The van der Waals surface area contributed by atoms with E-state index in [2.05, 4.69) is 4.74 Å². The molecule has 0 N–H and O–H groups in total. The van der Waals surface area contributed by atoms with Crippen LogP contribution in [0, 0.1) is 0 Å². The Kier molecular flexibility index (Phi) is 4.36. The van der Waals surface area contributed by atoms with E-state index < -0.39 is 23.3 Å². The molecule has 0 atom stereocenters. The molecular formula is C13H11F3N2O3S. The third kappa shape index (κ3) is 3.73. The zero-order valence-corrected chi connectivity index (χ0v) is 12.4. The highest BCUT2D eigenvalue weighted by Gasteiger charge is 2.37. The molecule has 1 heterocycles. The molecule has 1 fully saturated rings. The number of carbonyl (C=O) groups excluding carboxylic acids is 2. The second-order valence-electron chi connectivity index (χ2n) is 4.51. The second kappa shape index (κ2) is 5.91. The minimum Gasteiger partial charge on any atom is -0.406 e. The molecule has 9 heteroatoms. The van der Waals surface area contributed by atoms with Gasteiger partial charge in [-0.25, -0.2) is 4.90 Å². The smallest absolute Gasteiger partial charge is 0.406 e. The van der Waals surface area contributed by atoms with E-state index in [9.17, 15) is 22.8 Å². The Balaban J connectivity index is 2.22. The van der Waals surface area contributed by atoms with Crippen molar-refractivity contribution in [3.8, 4) is 5.75 Å². The van der Waals surface area contributed by atoms with Crippen molar-refractivity contribution < 1.29 is 27.5 Å². The fraction of sp³-hybridized carbons (Fsp3) is 0.231. The molecule has 1 saturated heterocycles. The van der Waals surface area contributed by atoms with Gasteiger partial charge in [-0.2, -0.15) is 0 Å². The van der Waals surface area contributed by atoms with Crippen LogP contribution in [0.5, 0.6) is 5.75 Å². The molecule has 0 spiro atoms. The summed E-state index contributed by atoms with van der Waals surface area (Å²) >= 11 is 0.765. The van der Waals surface area contributed by atoms with Crippen LogP contribution in [0.1, 0.15) is 0 Å². The number of nitrogens with zero attached hydrogens (tertiary/aromatic N) is 2. The van der Waals surface area contributed by atoms with Crippen molar-refractivity contribution in [2.24, 2.45) is 0 Å². The monoisotopic (exact) mass is 332 g/mol. The average Bonchev–Trinajstić information content (AvgIpc) is 2.63. The zero-order valence-electron chi connectivity index (χ0n) is 11.5. The lowest BCUT2D eigenvalue weighted by molar-refractivity contribution is -0.274. The van der Waals surface area contributed by atoms with Crippen LogP contribution in [0.3, 0.4) is 0 Å². The van der Waals surface area contributed by atoms with E-state index in [0.717, 1.165) is 28.8 Å². The topological polar surface area (TPSA) is 49.9 Å². The molecule has 0 aromatic heterocycles. The predicted octanol–water partition coefficient (Wildman–Crippen LogP) is 3.19. The molecule has 1 aliphatic heterocycles. The molecule has 0 radical (unpaired) electrons. The summed E-state index contributed by atoms with van der Waals surface area (Å²) in [5, 5.41) is -0.511. The quantitative estimate of drug-likeness (QED) is 0.796. The lowest BCUT2D eigenvalue weighted by Crippen LogP contribution is -2.27. The van der Waals surface area contributed by atoms with Crippen LogP contribution in [-0.2, 0) is 4.79 Å². The minimum absolute atomic E-state index is 0.180. The van der Waals surface area contributed by atoms with Crippen LogP contribution in [0.15, 0.2) is 35.4 Å². The predicted molar refractivity (Wildman–Crippen MR) is 75.4 cm³/mol. The molecule has 118 valence electrons. The van der Waals surface area contributed by atoms with Crippen LogP contribution in [-0.4, -0.2) is 36.5 Å². The maximum atomic E-state index is 12.1. The van der Waals surface area contributed by atoms with Gasteiger partial charge in [-0.1, -0.05) is 0 Å². The van der Waals surface area contributed by atoms with Gasteiger partial charge in [-0.15, -0.1) is 13.2 Å². The van der Waals surface area contributed by atoms with Gasteiger partial charge in [0, 0.05) is 20.3 Å². The van der Waals surface area contributed by atoms with Gasteiger partial charge in [0.2, 0.25) is 0 Å². The number of anilines is 1. The van der Waals surface area contributed by atoms with E-state index in [4.69, 9.17) is 0 Å². The number of halogens is 3. The standard InChI is InChI=1S/C13H11F3N2O3S/c1-17(2)7-10-11(19)18(12(20)22-10)8-3-5-9(6-4-8)21-13(14,15)16/h3-7H,1-2H3. The van der Waals surface area contributed by atoms with Gasteiger partial charge in [-0.3, -0.25) is 9.59 Å². The number of benzene rings is 1. The maximum absolute atomic E-state index is 12.1. The third-order valence-corrected chi connectivity index (χ3v) is 3.35. The van der Waals surface area contributed by atoms with Crippen LogP contribution in [0.4, 0.5) is 23.7 Å². The van der Waals surface area contributed by atoms with Crippen molar-refractivity contribution >= 4 is 28.6 Å². The van der Waals surface area contributed by atoms with Crippen molar-refractivity contribution in [3.05, 3.63) is 35.4 Å². The number of ether oxygens (including phenoxy) is 1. The summed E-state index contributed by atoms with van der Waals surface area (Å²) < 4.78 is 40.0. The number of thioether (sulfide) groups is 1. The van der Waals surface area contributed by atoms with E-state index in [1.54, 1.807) is 19.0 Å². The van der Waals surface area contributed by atoms with Crippen molar-refractivity contribution in [2.75, 3.05) is 19.0 Å². The molecule has 2 amide bonds. The minimum atomic E-state index is -4.79. The maximum Gasteiger partial charge on any atom is 0.573 e. The van der Waals surface area contributed by atoms with E-state index >= 15 is 0 Å². The molecule has 1 aliphatic rings. The summed E-state index contributed by atoms with van der Waals surface area (Å²) in [6.07, 6.45) is -3.29. The summed E-state index contributed by atoms with van der Waals surface area (Å²) in [5.74, 6) is -0.944. The van der Waals surface area contributed by atoms with E-state index in [1.165, 1.54) is 18.3 Å². The van der Waals surface area contributed by atoms with Crippen molar-refractivity contribution in [1.29, 1.82) is 0 Å². The zero-order chi connectivity index (χ0) is 16.5. The average molecular weight is 332 g/mol. The first kappa shape index (κ1) is 16.2. The number of carbonyl (C=O) groups is 2. The van der Waals surface area contributed by atoms with Crippen molar-refractivity contribution in [2.45, 2.75) is 6.36 Å². The van der Waals surface area contributed by atoms with Crippen molar-refractivity contribution in [3.63, 3.8) is 0 Å². The van der Waals surface area contributed by atoms with Crippen LogP contribution in [0.25, 0.3) is 0 Å². The number of amides is 2. The van der Waals surface area contributed by atoms with Gasteiger partial charge < -0.3 is 9.64 Å². The summed E-state index contributed by atoms with van der Waals surface area (Å²) in [7, 11) is 3.41. The first-order valence-corrected chi connectivity index (χ1v) is 6.79. The first-order valence-electron chi connectivity index (χ1n) is 5.98. The second-order valence-corrected chi connectivity index (χ2v) is 5.50. The summed E-state index contributed by atoms with van der Waals surface area (Å²) in [5.41, 5.74) is 0.180. The third-order valence-electron chi connectivity index (χ3n) is 2.50. The van der Waals surface area contributed by atoms with Gasteiger partial charge in [0.1, 0.15) is 5.75 Å². The number of rotatable bonds is 3. The molecule has 5 nitrogen and oxygen atoms in total. The highest BCUT2D eigenvalue weighted by atomic mass is 32.2. The SMILES string of the molecule is CN(C)C=C1SC(=O)N(c2ccc(OC(F)(F)F)cc2)C1=O. The molecule has 0 saturated carbocycles. The molecule has 2 rings (SSSR count). The highest BCUT2D eigenvalue weighted by Crippen LogP contribution is 2.35. The molecular weight excluding hydrogens is 321 g/mol. The summed E-state index contributed by atoms with van der Waals surface area (Å²) in [6, 6.07) is 4.52. The van der Waals surface area contributed by atoms with E-state index in [1.807, 2.05) is 0 Å². The number of hydrogen-bond donors (Lipinski definition) is 0. The number of imide groups is 1. The lowest BCUT2D eigenvalue weighted by Gasteiger charge is -2.14. The van der Waals surface area contributed by atoms with E-state index in [0.29, 0.717) is 0 Å². The van der Waals surface area contributed by atoms with Crippen LogP contribution in [0.2, 0.25) is 0 Å². The number of alkyl halides is 3. The van der Waals surface area contributed by atoms with Gasteiger partial charge in [0.25, 0.3) is 11.1 Å². The Bertz CT molecular complexity index is 626. The largest absolute Gasteiger partial charge is 0.573 e. The van der Waals surface area contributed by atoms with Crippen LogP contribution >= 0.6 is 11.8 Å². The van der Waals surface area contributed by atoms with Gasteiger partial charge in [-0.05, 0) is 36.0 Å². The molecule has 22 heavy (non-hydrogen) atoms. The van der Waals surface area contributed by atoms with Crippen molar-refractivity contribution in [1.82, 2.24) is 4.90 Å². The Morgan fingerprint density at radius 1 is 1.18 bits per heavy atom. The molecule has 0 aliphatic carbocycles. The van der Waals surface area contributed by atoms with Gasteiger partial charge >= 0.3 is 6.36 Å². The van der Waals surface area contributed by atoms with Gasteiger partial charge in [0.15, 0.2) is 0 Å². The fourth-order valence-electron chi connectivity index (χ4n) is 1.71. The first-order chi connectivity index (χ1) is 10.2. The number of hydrogen-bond acceptors (Lipinski definition) is 5. The fourth-order valence-corrected chi connectivity index (χ4v) is 2.62. The Morgan fingerprint density at radius 3 is 2.27 bits per heavy atom. The molecule has 0 bridgehead atoms.